The van der Waals surface area contributed by atoms with E-state index in [4.69, 9.17) is 0 Å². The van der Waals surface area contributed by atoms with E-state index in [9.17, 15) is 0 Å². The third-order valence-corrected chi connectivity index (χ3v) is 16.1. The largest absolute Gasteiger partial charge is 0.309 e. The van der Waals surface area contributed by atoms with Crippen molar-refractivity contribution in [1.29, 1.82) is 0 Å². The number of hydrogen-bond donors (Lipinski definition) is 0. The molecule has 11 rings (SSSR count). The van der Waals surface area contributed by atoms with Gasteiger partial charge in [0.05, 0.1) is 19.1 Å². The van der Waals surface area contributed by atoms with E-state index in [-0.39, 0.29) is 0 Å². The number of rotatable bonds is 1. The molecule has 3 aliphatic rings. The first-order valence-electron chi connectivity index (χ1n) is 17.3. The molecule has 1 aromatic heterocycles. The summed E-state index contributed by atoms with van der Waals surface area (Å²) in [5.74, 6) is 0. The lowest BCUT2D eigenvalue weighted by Gasteiger charge is -2.24. The molecule has 226 valence electrons. The Balaban J connectivity index is 1.05. The Labute approximate surface area is 281 Å². The minimum absolute atomic E-state index is 1.24. The van der Waals surface area contributed by atoms with Crippen molar-refractivity contribution in [2.75, 3.05) is 0 Å². The third kappa shape index (κ3) is 3.72. The Morgan fingerprint density at radius 1 is 0.333 bits per heavy atom. The maximum Gasteiger partial charge on any atom is 0.0710 e. The van der Waals surface area contributed by atoms with Gasteiger partial charge in [0, 0.05) is 16.5 Å². The zero-order valence-corrected chi connectivity index (χ0v) is 27.7. The smallest absolute Gasteiger partial charge is 0.0710 e. The molecule has 3 heterocycles. The van der Waals surface area contributed by atoms with E-state index in [0.29, 0.717) is 0 Å². The third-order valence-electron chi connectivity index (χ3n) is 11.6. The first kappa shape index (κ1) is 26.6. The molecule has 48 heavy (non-hydrogen) atoms. The van der Waals surface area contributed by atoms with Gasteiger partial charge >= 0.3 is 0 Å². The van der Waals surface area contributed by atoms with Crippen molar-refractivity contribution in [3.8, 4) is 50.2 Å². The molecule has 1 nitrogen and oxygen atoms in total. The SMILES string of the molecule is c1ccc(-n2c3ccccc3c3cc4c(cc32)C[Si]2(Cc3cc5c(cc3C2)-c2ccccc2-c2ccccc2-c2ccccc2-5)C4)cc1. The number of hydrogen-bond acceptors (Lipinski definition) is 0. The normalized spacial score (nSPS) is 14.9. The van der Waals surface area contributed by atoms with Gasteiger partial charge in [0.2, 0.25) is 0 Å². The highest BCUT2D eigenvalue weighted by atomic mass is 28.3. The van der Waals surface area contributed by atoms with Crippen LogP contribution < -0.4 is 0 Å². The Hall–Kier alpha value is -5.44. The summed E-state index contributed by atoms with van der Waals surface area (Å²) in [7, 11) is -1.65. The number of benzene rings is 7. The summed E-state index contributed by atoms with van der Waals surface area (Å²) in [5, 5.41) is 2.75. The molecule has 0 N–H and O–H groups in total. The minimum atomic E-state index is -1.65. The van der Waals surface area contributed by atoms with Gasteiger partial charge < -0.3 is 4.57 Å². The second-order valence-corrected chi connectivity index (χ2v) is 18.8. The predicted molar refractivity (Wildman–Crippen MR) is 203 cm³/mol. The average molecular weight is 628 g/mol. The summed E-state index contributed by atoms with van der Waals surface area (Å²) in [4.78, 5) is 0. The van der Waals surface area contributed by atoms with Crippen LogP contribution in [0.1, 0.15) is 22.3 Å². The molecule has 0 unspecified atom stereocenters. The summed E-state index contributed by atoms with van der Waals surface area (Å²) in [5.41, 5.74) is 21.1. The number of fused-ring (bicyclic) bond motifs is 13. The van der Waals surface area contributed by atoms with Gasteiger partial charge in [-0.25, -0.2) is 0 Å². The predicted octanol–water partition coefficient (Wildman–Crippen LogP) is 11.3. The summed E-state index contributed by atoms with van der Waals surface area (Å²) in [6.07, 6.45) is 0. The van der Waals surface area contributed by atoms with E-state index in [1.165, 1.54) is 96.2 Å². The Morgan fingerprint density at radius 3 is 1.29 bits per heavy atom. The highest BCUT2D eigenvalue weighted by Gasteiger charge is 2.45. The van der Waals surface area contributed by atoms with Gasteiger partial charge in [-0.2, -0.15) is 0 Å². The van der Waals surface area contributed by atoms with E-state index < -0.39 is 8.07 Å². The standard InChI is InChI=1S/C46H33NSi/c1-2-12-34(13-3-1)47-45-21-11-10-20-41(45)44-24-32-28-48(29-33(32)25-46(44)47)26-30-22-42-39-18-8-6-16-37(39)35-14-4-5-15-36(35)38-17-7-9-19-40(38)43(42)23-31(30)27-48/h1-25H,26-29H2. The van der Waals surface area contributed by atoms with Crippen molar-refractivity contribution in [1.82, 2.24) is 4.57 Å². The van der Waals surface area contributed by atoms with E-state index in [0.717, 1.165) is 0 Å². The van der Waals surface area contributed by atoms with Crippen molar-refractivity contribution in [2.24, 2.45) is 0 Å². The fourth-order valence-electron chi connectivity index (χ4n) is 9.60. The Kier molecular flexibility index (Phi) is 5.43. The topological polar surface area (TPSA) is 4.93 Å². The van der Waals surface area contributed by atoms with Gasteiger partial charge in [0.25, 0.3) is 0 Å². The molecule has 7 aromatic carbocycles. The van der Waals surface area contributed by atoms with Crippen LogP contribution in [0.25, 0.3) is 72.0 Å². The van der Waals surface area contributed by atoms with Gasteiger partial charge in [0.15, 0.2) is 0 Å². The lowest BCUT2D eigenvalue weighted by molar-refractivity contribution is 1.17. The molecule has 1 aliphatic carbocycles. The highest BCUT2D eigenvalue weighted by molar-refractivity contribution is 6.79. The first-order chi connectivity index (χ1) is 23.7. The van der Waals surface area contributed by atoms with Crippen LogP contribution in [0, 0.1) is 0 Å². The van der Waals surface area contributed by atoms with Crippen molar-refractivity contribution in [2.45, 2.75) is 24.2 Å². The van der Waals surface area contributed by atoms with Crippen molar-refractivity contribution in [3.63, 3.8) is 0 Å². The van der Waals surface area contributed by atoms with Gasteiger partial charge in [-0.15, -0.1) is 0 Å². The number of aromatic nitrogens is 1. The van der Waals surface area contributed by atoms with Crippen LogP contribution in [-0.4, -0.2) is 12.6 Å². The first-order valence-corrected chi connectivity index (χ1v) is 20.1. The summed E-state index contributed by atoms with van der Waals surface area (Å²) in [6.45, 7) is 0. The van der Waals surface area contributed by atoms with Crippen LogP contribution >= 0.6 is 0 Å². The number of nitrogens with zero attached hydrogens (tertiary/aromatic N) is 1. The minimum Gasteiger partial charge on any atom is -0.309 e. The molecule has 0 atom stereocenters. The maximum absolute atomic E-state index is 2.60. The quantitative estimate of drug-likeness (QED) is 0.160. The molecule has 0 amide bonds. The van der Waals surface area contributed by atoms with Crippen molar-refractivity contribution < 1.29 is 0 Å². The molecule has 1 spiro atoms. The van der Waals surface area contributed by atoms with E-state index in [1.807, 2.05) is 0 Å². The second kappa shape index (κ2) is 9.79. The van der Waals surface area contributed by atoms with Gasteiger partial charge in [-0.1, -0.05) is 121 Å². The molecule has 2 heteroatoms. The summed E-state index contributed by atoms with van der Waals surface area (Å²) >= 11 is 0. The zero-order chi connectivity index (χ0) is 31.4. The highest BCUT2D eigenvalue weighted by Crippen LogP contribution is 2.50. The molecular formula is C46H33NSi. The lowest BCUT2D eigenvalue weighted by Crippen LogP contribution is -2.38. The second-order valence-electron chi connectivity index (χ2n) is 14.3. The molecule has 0 fully saturated rings. The van der Waals surface area contributed by atoms with Crippen molar-refractivity contribution >= 4 is 29.9 Å². The van der Waals surface area contributed by atoms with Crippen LogP contribution in [0.4, 0.5) is 0 Å². The van der Waals surface area contributed by atoms with Crippen LogP contribution in [-0.2, 0) is 24.2 Å². The zero-order valence-electron chi connectivity index (χ0n) is 26.7. The molecule has 0 saturated heterocycles. The van der Waals surface area contributed by atoms with E-state index >= 15 is 0 Å². The van der Waals surface area contributed by atoms with E-state index in [1.54, 1.807) is 22.3 Å². The van der Waals surface area contributed by atoms with Crippen LogP contribution in [0.2, 0.25) is 0 Å². The van der Waals surface area contributed by atoms with Crippen LogP contribution in [0.15, 0.2) is 152 Å². The Morgan fingerprint density at radius 2 is 0.750 bits per heavy atom. The summed E-state index contributed by atoms with van der Waals surface area (Å²) in [6, 6.07) is 62.4. The molecule has 0 bridgehead atoms. The average Bonchev–Trinajstić information content (AvgIpc) is 3.78. The van der Waals surface area contributed by atoms with Gasteiger partial charge in [-0.3, -0.25) is 0 Å². The van der Waals surface area contributed by atoms with Gasteiger partial charge in [0.1, 0.15) is 0 Å². The summed E-state index contributed by atoms with van der Waals surface area (Å²) < 4.78 is 2.48. The lowest BCUT2D eigenvalue weighted by atomic mass is 9.80. The Bertz CT molecular complexity index is 2530. The fraction of sp³-hybridized carbons (Fsp3) is 0.0870. The van der Waals surface area contributed by atoms with Crippen molar-refractivity contribution in [3.05, 3.63) is 174 Å². The number of para-hydroxylation sites is 2. The monoisotopic (exact) mass is 627 g/mol. The molecule has 0 radical (unpaired) electrons. The molecular weight excluding hydrogens is 595 g/mol. The maximum atomic E-state index is 2.60. The molecule has 2 aliphatic heterocycles. The van der Waals surface area contributed by atoms with E-state index in [2.05, 4.69) is 156 Å². The molecule has 0 saturated carbocycles. The van der Waals surface area contributed by atoms with Crippen LogP contribution in [0.5, 0.6) is 0 Å². The molecule has 8 aromatic rings. The van der Waals surface area contributed by atoms with Gasteiger partial charge in [-0.05, 0) is 121 Å². The fourth-order valence-corrected chi connectivity index (χ4v) is 14.9. The van der Waals surface area contributed by atoms with Crippen LogP contribution in [0.3, 0.4) is 0 Å².